The van der Waals surface area contributed by atoms with Gasteiger partial charge in [-0.05, 0) is 25.2 Å². The molecule has 6 nitrogen and oxygen atoms in total. The number of benzene rings is 1. The summed E-state index contributed by atoms with van der Waals surface area (Å²) in [4.78, 5) is 4.06. The van der Waals surface area contributed by atoms with Gasteiger partial charge < -0.3 is 14.9 Å². The molecule has 1 unspecified atom stereocenters. The minimum absolute atomic E-state index is 0.232. The quantitative estimate of drug-likeness (QED) is 0.836. The highest BCUT2D eigenvalue weighted by Gasteiger charge is 2.30. The molecule has 1 aromatic carbocycles. The Morgan fingerprint density at radius 1 is 1.18 bits per heavy atom. The van der Waals surface area contributed by atoms with Crippen LogP contribution in [0.15, 0.2) is 33.6 Å². The number of nitrogens with zero attached hydrogens (tertiary/aromatic N) is 3. The lowest BCUT2D eigenvalue weighted by atomic mass is 10.2. The number of aliphatic hydroxyl groups is 1. The van der Waals surface area contributed by atoms with Gasteiger partial charge in [-0.25, -0.2) is 0 Å². The first-order valence-electron chi connectivity index (χ1n) is 7.45. The number of fused-ring (bicyclic) bond motifs is 1. The minimum Gasteiger partial charge on any atom is -0.390 e. The molecule has 1 atom stereocenters. The molecule has 0 fully saturated rings. The van der Waals surface area contributed by atoms with E-state index in [-0.39, 0.29) is 4.90 Å². The topological polar surface area (TPSA) is 73.2 Å². The molecule has 0 saturated carbocycles. The largest absolute Gasteiger partial charge is 0.390 e. The van der Waals surface area contributed by atoms with Gasteiger partial charge in [-0.15, -0.1) is 4.40 Å². The van der Waals surface area contributed by atoms with E-state index in [1.807, 2.05) is 13.8 Å². The molecule has 0 spiro atoms. The van der Waals surface area contributed by atoms with Crippen LogP contribution in [-0.2, 0) is 10.0 Å². The van der Waals surface area contributed by atoms with Crippen molar-refractivity contribution in [3.05, 3.63) is 29.8 Å². The second kappa shape index (κ2) is 6.76. The Labute approximate surface area is 132 Å². The van der Waals surface area contributed by atoms with E-state index in [0.717, 1.165) is 13.1 Å². The summed E-state index contributed by atoms with van der Waals surface area (Å²) >= 11 is 0. The van der Waals surface area contributed by atoms with E-state index in [4.69, 9.17) is 0 Å². The third-order valence-electron chi connectivity index (χ3n) is 3.82. The van der Waals surface area contributed by atoms with Crippen LogP contribution in [0.1, 0.15) is 19.4 Å². The summed E-state index contributed by atoms with van der Waals surface area (Å²) in [7, 11) is -1.86. The number of rotatable bonds is 6. The lowest BCUT2D eigenvalue weighted by Crippen LogP contribution is -2.41. The van der Waals surface area contributed by atoms with Crippen LogP contribution in [0.25, 0.3) is 0 Å². The monoisotopic (exact) mass is 325 g/mol. The summed E-state index contributed by atoms with van der Waals surface area (Å²) in [6.45, 7) is 6.72. The summed E-state index contributed by atoms with van der Waals surface area (Å²) in [6.07, 6.45) is -0.567. The van der Waals surface area contributed by atoms with E-state index in [1.165, 1.54) is 0 Å². The van der Waals surface area contributed by atoms with Gasteiger partial charge in [0.1, 0.15) is 4.90 Å². The zero-order valence-corrected chi connectivity index (χ0v) is 14.0. The van der Waals surface area contributed by atoms with Crippen molar-refractivity contribution in [2.75, 3.05) is 33.2 Å². The summed E-state index contributed by atoms with van der Waals surface area (Å²) in [5, 5.41) is 10.2. The van der Waals surface area contributed by atoms with Crippen molar-refractivity contribution < 1.29 is 13.5 Å². The SMILES string of the molecule is CCN(CC)CC(O)CN(C)C1=NS(=O)(=O)c2ccccc21. The van der Waals surface area contributed by atoms with Crippen molar-refractivity contribution in [3.63, 3.8) is 0 Å². The van der Waals surface area contributed by atoms with Crippen LogP contribution >= 0.6 is 0 Å². The fourth-order valence-corrected chi connectivity index (χ4v) is 3.86. The van der Waals surface area contributed by atoms with Crippen molar-refractivity contribution in [1.29, 1.82) is 0 Å². The Balaban J connectivity index is 2.13. The van der Waals surface area contributed by atoms with Gasteiger partial charge >= 0.3 is 0 Å². The standard InChI is InChI=1S/C15H23N3O3S/c1-4-18(5-2)11-12(19)10-17(3)15-13-8-6-7-9-14(13)22(20,21)16-15/h6-9,12,19H,4-5,10-11H2,1-3H3. The van der Waals surface area contributed by atoms with Crippen LogP contribution < -0.4 is 0 Å². The molecule has 22 heavy (non-hydrogen) atoms. The fraction of sp³-hybridized carbons (Fsp3) is 0.533. The predicted octanol–water partition coefficient (Wildman–Crippen LogP) is 0.770. The van der Waals surface area contributed by atoms with Crippen LogP contribution in [-0.4, -0.2) is 68.5 Å². The van der Waals surface area contributed by atoms with E-state index in [0.29, 0.717) is 24.5 Å². The summed E-state index contributed by atoms with van der Waals surface area (Å²) in [6, 6.07) is 6.77. The molecule has 122 valence electrons. The molecule has 0 radical (unpaired) electrons. The van der Waals surface area contributed by atoms with Gasteiger partial charge in [-0.3, -0.25) is 0 Å². The molecular weight excluding hydrogens is 302 g/mol. The molecule has 1 aromatic rings. The minimum atomic E-state index is -3.61. The number of hydrogen-bond acceptors (Lipinski definition) is 5. The zero-order chi connectivity index (χ0) is 16.3. The average molecular weight is 325 g/mol. The fourth-order valence-electron chi connectivity index (χ4n) is 2.60. The molecule has 1 aliphatic heterocycles. The van der Waals surface area contributed by atoms with Crippen molar-refractivity contribution in [3.8, 4) is 0 Å². The van der Waals surface area contributed by atoms with E-state index < -0.39 is 16.1 Å². The third kappa shape index (κ3) is 3.48. The van der Waals surface area contributed by atoms with E-state index >= 15 is 0 Å². The van der Waals surface area contributed by atoms with Gasteiger partial charge in [0.2, 0.25) is 0 Å². The first kappa shape index (κ1) is 16.9. The first-order valence-corrected chi connectivity index (χ1v) is 8.89. The summed E-state index contributed by atoms with van der Waals surface area (Å²) < 4.78 is 27.9. The van der Waals surface area contributed by atoms with Gasteiger partial charge in [0.25, 0.3) is 10.0 Å². The normalized spacial score (nSPS) is 17.2. The number of hydrogen-bond donors (Lipinski definition) is 1. The molecule has 2 rings (SSSR count). The van der Waals surface area contributed by atoms with Crippen LogP contribution in [0.2, 0.25) is 0 Å². The molecule has 0 aliphatic carbocycles. The molecule has 1 heterocycles. The van der Waals surface area contributed by atoms with Crippen molar-refractivity contribution in [1.82, 2.24) is 9.80 Å². The summed E-state index contributed by atoms with van der Waals surface area (Å²) in [5.74, 6) is 0.397. The number of aliphatic hydroxyl groups excluding tert-OH is 1. The highest BCUT2D eigenvalue weighted by atomic mass is 32.2. The number of amidine groups is 1. The maximum Gasteiger partial charge on any atom is 0.285 e. The Kier molecular flexibility index (Phi) is 5.20. The first-order chi connectivity index (χ1) is 10.4. The molecule has 1 aliphatic rings. The molecule has 0 bridgehead atoms. The Morgan fingerprint density at radius 2 is 1.82 bits per heavy atom. The van der Waals surface area contributed by atoms with Crippen LogP contribution in [0, 0.1) is 0 Å². The maximum atomic E-state index is 12.0. The van der Waals surface area contributed by atoms with E-state index in [2.05, 4.69) is 9.30 Å². The predicted molar refractivity (Wildman–Crippen MR) is 86.6 cm³/mol. The van der Waals surface area contributed by atoms with Gasteiger partial charge in [0.05, 0.1) is 6.10 Å². The second-order valence-electron chi connectivity index (χ2n) is 5.41. The van der Waals surface area contributed by atoms with Crippen LogP contribution in [0.5, 0.6) is 0 Å². The molecule has 0 aromatic heterocycles. The number of sulfonamides is 1. The Morgan fingerprint density at radius 3 is 2.45 bits per heavy atom. The molecule has 1 N–H and O–H groups in total. The average Bonchev–Trinajstić information content (AvgIpc) is 2.77. The lowest BCUT2D eigenvalue weighted by molar-refractivity contribution is 0.102. The van der Waals surface area contributed by atoms with Gasteiger partial charge in [-0.2, -0.15) is 8.42 Å². The molecule has 0 saturated heterocycles. The summed E-state index contributed by atoms with van der Waals surface area (Å²) in [5.41, 5.74) is 0.597. The maximum absolute atomic E-state index is 12.0. The van der Waals surface area contributed by atoms with Gasteiger partial charge in [-0.1, -0.05) is 26.0 Å². The second-order valence-corrected chi connectivity index (χ2v) is 6.98. The van der Waals surface area contributed by atoms with Crippen LogP contribution in [0.3, 0.4) is 0 Å². The van der Waals surface area contributed by atoms with E-state index in [1.54, 1.807) is 36.2 Å². The number of likely N-dealkylation sites (N-methyl/N-ethyl adjacent to an activating group) is 2. The lowest BCUT2D eigenvalue weighted by Gasteiger charge is -2.26. The van der Waals surface area contributed by atoms with Crippen molar-refractivity contribution >= 4 is 15.9 Å². The van der Waals surface area contributed by atoms with Gasteiger partial charge in [0.15, 0.2) is 5.84 Å². The highest BCUT2D eigenvalue weighted by Crippen LogP contribution is 2.26. The zero-order valence-electron chi connectivity index (χ0n) is 13.2. The van der Waals surface area contributed by atoms with Crippen molar-refractivity contribution in [2.24, 2.45) is 4.40 Å². The molecular formula is C15H23N3O3S. The Bertz CT molecular complexity index is 654. The van der Waals surface area contributed by atoms with Gasteiger partial charge in [0, 0.05) is 25.7 Å². The third-order valence-corrected chi connectivity index (χ3v) is 5.15. The van der Waals surface area contributed by atoms with Crippen LogP contribution in [0.4, 0.5) is 0 Å². The van der Waals surface area contributed by atoms with Crippen molar-refractivity contribution in [2.45, 2.75) is 24.8 Å². The highest BCUT2D eigenvalue weighted by molar-refractivity contribution is 7.90. The smallest absolute Gasteiger partial charge is 0.285 e. The molecule has 7 heteroatoms. The van der Waals surface area contributed by atoms with E-state index in [9.17, 15) is 13.5 Å². The molecule has 0 amide bonds. The Hall–Kier alpha value is -1.44.